The van der Waals surface area contributed by atoms with E-state index in [0.717, 1.165) is 28.6 Å². The molecule has 4 aromatic carbocycles. The van der Waals surface area contributed by atoms with Crippen molar-refractivity contribution < 1.29 is 33.5 Å². The molecular weight excluding hydrogens is 784 g/mol. The van der Waals surface area contributed by atoms with E-state index >= 15 is 0 Å². The van der Waals surface area contributed by atoms with Gasteiger partial charge in [0.2, 0.25) is 0 Å². The highest BCUT2D eigenvalue weighted by atomic mass is 79.9. The number of methoxy groups -OCH3 is 1. The Morgan fingerprint density at radius 1 is 0.632 bits per heavy atom. The van der Waals surface area contributed by atoms with Crippen LogP contribution < -0.4 is 16.0 Å². The molecule has 3 N–H and O–H groups in total. The Bertz CT molecular complexity index is 1820. The Morgan fingerprint density at radius 2 is 1.12 bits per heavy atom. The van der Waals surface area contributed by atoms with Crippen molar-refractivity contribution in [1.29, 1.82) is 0 Å². The molecule has 13 heteroatoms. The number of rotatable bonds is 7. The number of nitrogens with one attached hydrogen (secondary N) is 3. The predicted molar refractivity (Wildman–Crippen MR) is 229 cm³/mol. The molecule has 2 fully saturated rings. The number of benzene rings is 4. The average molecular weight is 836 g/mol. The summed E-state index contributed by atoms with van der Waals surface area (Å²) < 4.78 is 5.96. The molecule has 0 aliphatic heterocycles. The van der Waals surface area contributed by atoms with Gasteiger partial charge in [0.25, 0.3) is 5.91 Å². The lowest BCUT2D eigenvalue weighted by molar-refractivity contribution is -0.193. The van der Waals surface area contributed by atoms with Crippen LogP contribution >= 0.6 is 15.9 Å². The SMILES string of the molecule is COC(=O)c1ccccc1NC(=O)c1c(C)cccc1NC1CCCCC1.Cc1cccc(Br)c1.Cc1cccc(NC2CCCCC2)c1.O=C=O.O=C=O.[B].[B]. The zero-order valence-corrected chi connectivity index (χ0v) is 34.9. The van der Waals surface area contributed by atoms with Crippen LogP contribution in [0.5, 0.6) is 0 Å². The summed E-state index contributed by atoms with van der Waals surface area (Å²) in [6, 6.07) is 30.7. The molecule has 0 heterocycles. The molecule has 4 aromatic rings. The summed E-state index contributed by atoms with van der Waals surface area (Å²) in [5.74, 6) is -0.709. The molecule has 0 bridgehead atoms. The first-order chi connectivity index (χ1) is 26.6. The Balaban J connectivity index is 0.000000870. The predicted octanol–water partition coefficient (Wildman–Crippen LogP) is 9.35. The van der Waals surface area contributed by atoms with Gasteiger partial charge in [0.15, 0.2) is 0 Å². The minimum absolute atomic E-state index is 0. The van der Waals surface area contributed by atoms with Gasteiger partial charge in [0.1, 0.15) is 0 Å². The fourth-order valence-corrected chi connectivity index (χ4v) is 6.96. The molecular formula is C44H52B2BrN3O7. The molecule has 6 rings (SSSR count). The van der Waals surface area contributed by atoms with Gasteiger partial charge in [-0.25, -0.2) is 4.79 Å². The second-order valence-electron chi connectivity index (χ2n) is 13.3. The summed E-state index contributed by atoms with van der Waals surface area (Å²) in [4.78, 5) is 57.5. The summed E-state index contributed by atoms with van der Waals surface area (Å²) in [5, 5.41) is 10.1. The maximum absolute atomic E-state index is 13.1. The number of hydrogen-bond donors (Lipinski definition) is 3. The summed E-state index contributed by atoms with van der Waals surface area (Å²) >= 11 is 3.36. The molecule has 0 atom stereocenters. The van der Waals surface area contributed by atoms with Crippen LogP contribution in [0.15, 0.2) is 95.5 Å². The third-order valence-electron chi connectivity index (χ3n) is 9.02. The van der Waals surface area contributed by atoms with E-state index in [1.807, 2.05) is 37.3 Å². The average Bonchev–Trinajstić information content (AvgIpc) is 3.17. The van der Waals surface area contributed by atoms with Gasteiger partial charge in [0, 0.05) is 44.8 Å². The van der Waals surface area contributed by atoms with Crippen LogP contribution in [0.2, 0.25) is 0 Å². The van der Waals surface area contributed by atoms with Crippen molar-refractivity contribution >= 4 is 74.0 Å². The van der Waals surface area contributed by atoms with E-state index in [0.29, 0.717) is 28.9 Å². The minimum atomic E-state index is -0.476. The number of aryl methyl sites for hydroxylation is 3. The molecule has 10 nitrogen and oxygen atoms in total. The van der Waals surface area contributed by atoms with Gasteiger partial charge in [-0.15, -0.1) is 0 Å². The largest absolute Gasteiger partial charge is 0.465 e. The van der Waals surface area contributed by atoms with Gasteiger partial charge in [-0.05, 0) is 100 Å². The number of para-hydroxylation sites is 1. The zero-order valence-electron chi connectivity index (χ0n) is 33.3. The fraction of sp³-hybridized carbons (Fsp3) is 0.364. The number of hydrogen-bond acceptors (Lipinski definition) is 9. The lowest BCUT2D eigenvalue weighted by atomic mass is 9.94. The van der Waals surface area contributed by atoms with Gasteiger partial charge in [-0.1, -0.05) is 109 Å². The molecule has 1 amide bonds. The van der Waals surface area contributed by atoms with Crippen molar-refractivity contribution in [3.8, 4) is 0 Å². The quantitative estimate of drug-likeness (QED) is 0.122. The Hall–Kier alpha value is -5.21. The molecule has 2 aliphatic rings. The van der Waals surface area contributed by atoms with Crippen LogP contribution in [0, 0.1) is 20.8 Å². The highest BCUT2D eigenvalue weighted by Crippen LogP contribution is 2.27. The van der Waals surface area contributed by atoms with Gasteiger partial charge in [0.05, 0.1) is 23.9 Å². The van der Waals surface area contributed by atoms with E-state index in [1.165, 1.54) is 75.3 Å². The molecule has 298 valence electrons. The monoisotopic (exact) mass is 835 g/mol. The summed E-state index contributed by atoms with van der Waals surface area (Å²) in [7, 11) is 1.33. The lowest BCUT2D eigenvalue weighted by Gasteiger charge is -2.25. The number of halogens is 1. The van der Waals surface area contributed by atoms with Crippen molar-refractivity contribution in [2.75, 3.05) is 23.1 Å². The third kappa shape index (κ3) is 20.0. The van der Waals surface area contributed by atoms with Crippen LogP contribution in [0.25, 0.3) is 0 Å². The molecule has 2 saturated carbocycles. The van der Waals surface area contributed by atoms with Crippen LogP contribution in [-0.2, 0) is 23.9 Å². The first-order valence-electron chi connectivity index (χ1n) is 18.5. The Kier molecular flexibility index (Phi) is 27.3. The second kappa shape index (κ2) is 30.0. The van der Waals surface area contributed by atoms with E-state index in [2.05, 4.69) is 82.1 Å². The number of carbonyl (C=O) groups is 2. The number of anilines is 3. The van der Waals surface area contributed by atoms with Crippen LogP contribution in [-0.4, -0.2) is 60.2 Å². The molecule has 2 aliphatic carbocycles. The van der Waals surface area contributed by atoms with E-state index in [1.54, 1.807) is 24.3 Å². The van der Waals surface area contributed by atoms with Crippen LogP contribution in [0.1, 0.15) is 102 Å². The highest BCUT2D eigenvalue weighted by molar-refractivity contribution is 9.10. The zero-order chi connectivity index (χ0) is 40.4. The van der Waals surface area contributed by atoms with Gasteiger partial charge < -0.3 is 20.7 Å². The van der Waals surface area contributed by atoms with Gasteiger partial charge >= 0.3 is 18.3 Å². The van der Waals surface area contributed by atoms with E-state index in [-0.39, 0.29) is 35.0 Å². The first-order valence-corrected chi connectivity index (χ1v) is 19.2. The normalized spacial score (nSPS) is 12.9. The number of esters is 1. The van der Waals surface area contributed by atoms with Gasteiger partial charge in [-0.3, -0.25) is 4.79 Å². The fourth-order valence-electron chi connectivity index (χ4n) is 6.44. The first kappa shape index (κ1) is 51.8. The van der Waals surface area contributed by atoms with Crippen LogP contribution in [0.3, 0.4) is 0 Å². The van der Waals surface area contributed by atoms with Crippen molar-refractivity contribution in [1.82, 2.24) is 0 Å². The third-order valence-corrected chi connectivity index (χ3v) is 9.51. The lowest BCUT2D eigenvalue weighted by Crippen LogP contribution is -2.25. The van der Waals surface area contributed by atoms with Crippen molar-refractivity contribution in [3.63, 3.8) is 0 Å². The smallest absolute Gasteiger partial charge is 0.373 e. The number of amides is 1. The second-order valence-corrected chi connectivity index (χ2v) is 14.2. The maximum Gasteiger partial charge on any atom is 0.373 e. The van der Waals surface area contributed by atoms with Crippen molar-refractivity contribution in [2.45, 2.75) is 97.1 Å². The molecule has 0 saturated heterocycles. The minimum Gasteiger partial charge on any atom is -0.465 e. The number of carbonyl (C=O) groups excluding carboxylic acids is 6. The van der Waals surface area contributed by atoms with Gasteiger partial charge in [-0.2, -0.15) is 19.2 Å². The topological polar surface area (TPSA) is 148 Å². The highest BCUT2D eigenvalue weighted by Gasteiger charge is 2.21. The number of ether oxygens (including phenoxy) is 1. The summed E-state index contributed by atoms with van der Waals surface area (Å²) in [5.41, 5.74) is 7.05. The van der Waals surface area contributed by atoms with E-state index in [4.69, 9.17) is 23.9 Å². The molecule has 0 aromatic heterocycles. The summed E-state index contributed by atoms with van der Waals surface area (Å²) in [6.45, 7) is 6.14. The molecule has 0 unspecified atom stereocenters. The molecule has 6 radical (unpaired) electrons. The maximum atomic E-state index is 13.1. The Labute approximate surface area is 349 Å². The standard InChI is InChI=1S/C22H26N2O3.C13H19N.C7H7Br.2CO2.2B/c1-15-9-8-14-19(23-16-10-4-3-5-11-16)20(15)21(25)24-18-13-7-6-12-17(18)22(26)27-2;1-11-6-5-9-13(10-11)14-12-7-3-2-4-8-12;1-6-3-2-4-7(8)5-6;2*2-1-3;;/h6-9,12-14,16,23H,3-5,10-11H2,1-2H3,(H,24,25);5-6,9-10,12,14H,2-4,7-8H2,1H3;2-5H,1H3;;;;. The Morgan fingerprint density at radius 3 is 1.63 bits per heavy atom. The van der Waals surface area contributed by atoms with E-state index in [9.17, 15) is 9.59 Å². The van der Waals surface area contributed by atoms with E-state index < -0.39 is 5.97 Å². The molecule has 0 spiro atoms. The van der Waals surface area contributed by atoms with Crippen LogP contribution in [0.4, 0.5) is 17.1 Å². The van der Waals surface area contributed by atoms with Crippen molar-refractivity contribution in [2.24, 2.45) is 0 Å². The summed E-state index contributed by atoms with van der Waals surface area (Å²) in [6.07, 6.45) is 13.4. The van der Waals surface area contributed by atoms with Crippen molar-refractivity contribution in [3.05, 3.63) is 123 Å². The molecule has 57 heavy (non-hydrogen) atoms.